The van der Waals surface area contributed by atoms with Crippen molar-refractivity contribution in [2.24, 2.45) is 0 Å². The van der Waals surface area contributed by atoms with Gasteiger partial charge in [-0.3, -0.25) is 0 Å². The second-order valence-corrected chi connectivity index (χ2v) is 5.72. The Bertz CT molecular complexity index is 578. The lowest BCUT2D eigenvalue weighted by atomic mass is 10.1. The third kappa shape index (κ3) is 3.36. The van der Waals surface area contributed by atoms with Crippen LogP contribution in [0, 0.1) is 17.5 Å². The van der Waals surface area contributed by atoms with E-state index in [0.717, 1.165) is 10.9 Å². The Hall–Kier alpha value is -1.33. The van der Waals surface area contributed by atoms with Crippen LogP contribution in [0.25, 0.3) is 10.4 Å². The van der Waals surface area contributed by atoms with Gasteiger partial charge >= 0.3 is 0 Å². The van der Waals surface area contributed by atoms with Gasteiger partial charge in [0.05, 0.1) is 0 Å². The highest BCUT2D eigenvalue weighted by Crippen LogP contribution is 2.31. The molecule has 0 aliphatic rings. The molecule has 0 unspecified atom stereocenters. The number of thiophene rings is 1. The monoisotopic (exact) mass is 285 g/mol. The molecule has 5 heteroatoms. The van der Waals surface area contributed by atoms with Crippen molar-refractivity contribution in [2.75, 3.05) is 0 Å². The summed E-state index contributed by atoms with van der Waals surface area (Å²) in [5.41, 5.74) is -0.0294. The van der Waals surface area contributed by atoms with Crippen LogP contribution in [-0.2, 0) is 6.54 Å². The van der Waals surface area contributed by atoms with E-state index in [2.05, 4.69) is 5.32 Å². The van der Waals surface area contributed by atoms with Gasteiger partial charge in [0.25, 0.3) is 0 Å². The summed E-state index contributed by atoms with van der Waals surface area (Å²) in [6, 6.07) is 5.42. The van der Waals surface area contributed by atoms with Crippen molar-refractivity contribution < 1.29 is 13.2 Å². The van der Waals surface area contributed by atoms with Crippen LogP contribution in [-0.4, -0.2) is 6.04 Å². The van der Waals surface area contributed by atoms with Gasteiger partial charge in [-0.2, -0.15) is 0 Å². The van der Waals surface area contributed by atoms with Crippen molar-refractivity contribution >= 4 is 11.3 Å². The lowest BCUT2D eigenvalue weighted by molar-refractivity contribution is 0.498. The Kier molecular flexibility index (Phi) is 4.27. The molecule has 0 bridgehead atoms. The average Bonchev–Trinajstić information content (AvgIpc) is 2.79. The first-order chi connectivity index (χ1) is 8.97. The van der Waals surface area contributed by atoms with Gasteiger partial charge < -0.3 is 5.32 Å². The minimum atomic E-state index is -1.16. The van der Waals surface area contributed by atoms with Gasteiger partial charge in [-0.05, 0) is 18.2 Å². The number of benzene rings is 1. The minimum absolute atomic E-state index is 0.0294. The van der Waals surface area contributed by atoms with Crippen LogP contribution in [0.2, 0.25) is 0 Å². The Morgan fingerprint density at radius 2 is 1.89 bits per heavy atom. The first-order valence-corrected chi connectivity index (χ1v) is 6.76. The van der Waals surface area contributed by atoms with Crippen LogP contribution in [0.15, 0.2) is 24.3 Å². The number of rotatable bonds is 4. The van der Waals surface area contributed by atoms with E-state index in [9.17, 15) is 13.2 Å². The molecule has 0 radical (unpaired) electrons. The zero-order valence-electron chi connectivity index (χ0n) is 10.6. The Morgan fingerprint density at radius 1 is 1.16 bits per heavy atom. The molecule has 0 amide bonds. The van der Waals surface area contributed by atoms with Gasteiger partial charge in [-0.1, -0.05) is 13.8 Å². The van der Waals surface area contributed by atoms with Crippen LogP contribution < -0.4 is 5.32 Å². The normalized spacial score (nSPS) is 11.3. The highest BCUT2D eigenvalue weighted by Gasteiger charge is 2.14. The Morgan fingerprint density at radius 3 is 2.58 bits per heavy atom. The molecule has 0 fully saturated rings. The van der Waals surface area contributed by atoms with Gasteiger partial charge in [0.2, 0.25) is 0 Å². The molecule has 19 heavy (non-hydrogen) atoms. The Labute approximate surface area is 114 Å². The quantitative estimate of drug-likeness (QED) is 0.824. The predicted octanol–water partition coefficient (Wildman–Crippen LogP) is 4.33. The largest absolute Gasteiger partial charge is 0.310 e. The van der Waals surface area contributed by atoms with Gasteiger partial charge in [-0.25, -0.2) is 13.2 Å². The molecule has 0 atom stereocenters. The first-order valence-electron chi connectivity index (χ1n) is 5.94. The molecule has 0 spiro atoms. The second-order valence-electron chi connectivity index (χ2n) is 4.55. The molecule has 1 N–H and O–H groups in total. The zero-order valence-corrected chi connectivity index (χ0v) is 11.5. The maximum atomic E-state index is 13.6. The van der Waals surface area contributed by atoms with E-state index in [1.807, 2.05) is 19.9 Å². The molecular weight excluding hydrogens is 271 g/mol. The fourth-order valence-corrected chi connectivity index (χ4v) is 2.63. The summed E-state index contributed by atoms with van der Waals surface area (Å²) < 4.78 is 39.9. The Balaban J connectivity index is 2.28. The number of nitrogens with one attached hydrogen (secondary N) is 1. The molecule has 2 rings (SSSR count). The van der Waals surface area contributed by atoms with E-state index in [4.69, 9.17) is 0 Å². The van der Waals surface area contributed by atoms with Crippen molar-refractivity contribution in [3.05, 3.63) is 46.6 Å². The number of hydrogen-bond acceptors (Lipinski definition) is 2. The lowest BCUT2D eigenvalue weighted by Crippen LogP contribution is -2.21. The minimum Gasteiger partial charge on any atom is -0.310 e. The molecular formula is C14H14F3NS. The molecule has 102 valence electrons. The summed E-state index contributed by atoms with van der Waals surface area (Å²) in [4.78, 5) is 1.52. The third-order valence-electron chi connectivity index (χ3n) is 2.60. The van der Waals surface area contributed by atoms with E-state index >= 15 is 0 Å². The summed E-state index contributed by atoms with van der Waals surface area (Å²) >= 11 is 1.32. The predicted molar refractivity (Wildman–Crippen MR) is 71.6 cm³/mol. The smallest absolute Gasteiger partial charge is 0.167 e. The summed E-state index contributed by atoms with van der Waals surface area (Å²) in [5, 5.41) is 3.23. The van der Waals surface area contributed by atoms with Crippen molar-refractivity contribution in [2.45, 2.75) is 26.4 Å². The average molecular weight is 285 g/mol. The molecule has 1 nitrogen and oxygen atoms in total. The molecule has 0 aliphatic carbocycles. The topological polar surface area (TPSA) is 12.0 Å². The maximum Gasteiger partial charge on any atom is 0.167 e. The van der Waals surface area contributed by atoms with Gasteiger partial charge in [-0.15, -0.1) is 11.3 Å². The van der Waals surface area contributed by atoms with Gasteiger partial charge in [0.1, 0.15) is 5.82 Å². The molecule has 1 aromatic carbocycles. The highest BCUT2D eigenvalue weighted by atomic mass is 32.1. The highest BCUT2D eigenvalue weighted by molar-refractivity contribution is 7.15. The van der Waals surface area contributed by atoms with Crippen LogP contribution in [0.3, 0.4) is 0 Å². The van der Waals surface area contributed by atoms with E-state index < -0.39 is 17.5 Å². The number of halogens is 3. The zero-order chi connectivity index (χ0) is 14.0. The van der Waals surface area contributed by atoms with Gasteiger partial charge in [0.15, 0.2) is 11.6 Å². The second kappa shape index (κ2) is 5.75. The molecule has 2 aromatic rings. The molecule has 0 saturated heterocycles. The van der Waals surface area contributed by atoms with E-state index in [-0.39, 0.29) is 5.56 Å². The third-order valence-corrected chi connectivity index (χ3v) is 3.72. The van der Waals surface area contributed by atoms with Crippen LogP contribution in [0.4, 0.5) is 13.2 Å². The van der Waals surface area contributed by atoms with E-state index in [1.54, 1.807) is 6.07 Å². The standard InChI is InChI=1S/C14H14F3NS/c1-8(2)18-7-10-3-4-13(19-10)11-5-9(15)6-12(16)14(11)17/h3-6,8,18H,7H2,1-2H3. The van der Waals surface area contributed by atoms with Gasteiger partial charge in [0, 0.05) is 34.0 Å². The SMILES string of the molecule is CC(C)NCc1ccc(-c2cc(F)cc(F)c2F)s1. The van der Waals surface area contributed by atoms with Crippen molar-refractivity contribution in [3.8, 4) is 10.4 Å². The summed E-state index contributed by atoms with van der Waals surface area (Å²) in [5.74, 6) is -2.94. The molecule has 1 aromatic heterocycles. The maximum absolute atomic E-state index is 13.6. The number of hydrogen-bond donors (Lipinski definition) is 1. The fourth-order valence-electron chi connectivity index (χ4n) is 1.66. The van der Waals surface area contributed by atoms with Crippen molar-refractivity contribution in [1.82, 2.24) is 5.32 Å². The van der Waals surface area contributed by atoms with Crippen LogP contribution in [0.5, 0.6) is 0 Å². The fraction of sp³-hybridized carbons (Fsp3) is 0.286. The summed E-state index contributed by atoms with van der Waals surface area (Å²) in [6.45, 7) is 4.70. The van der Waals surface area contributed by atoms with E-state index in [0.29, 0.717) is 23.5 Å². The first kappa shape index (κ1) is 14.1. The summed E-state index contributed by atoms with van der Waals surface area (Å²) in [6.07, 6.45) is 0. The lowest BCUT2D eigenvalue weighted by Gasteiger charge is -2.05. The van der Waals surface area contributed by atoms with Crippen LogP contribution in [0.1, 0.15) is 18.7 Å². The molecule has 0 saturated carbocycles. The van der Waals surface area contributed by atoms with Crippen LogP contribution >= 0.6 is 11.3 Å². The molecule has 1 heterocycles. The molecule has 0 aliphatic heterocycles. The van der Waals surface area contributed by atoms with Crippen molar-refractivity contribution in [1.29, 1.82) is 0 Å². The summed E-state index contributed by atoms with van der Waals surface area (Å²) in [7, 11) is 0. The van der Waals surface area contributed by atoms with E-state index in [1.165, 1.54) is 11.3 Å². The van der Waals surface area contributed by atoms with Crippen molar-refractivity contribution in [3.63, 3.8) is 0 Å².